The van der Waals surface area contributed by atoms with Gasteiger partial charge in [0, 0.05) is 29.3 Å². The predicted molar refractivity (Wildman–Crippen MR) is 89.2 cm³/mol. The lowest BCUT2D eigenvalue weighted by Crippen LogP contribution is -2.48. The molecule has 2 aliphatic rings. The Morgan fingerprint density at radius 1 is 1.05 bits per heavy atom. The van der Waals surface area contributed by atoms with Crippen LogP contribution in [-0.4, -0.2) is 30.6 Å². The van der Waals surface area contributed by atoms with Crippen molar-refractivity contribution in [3.05, 3.63) is 28.7 Å². The molecule has 20 heavy (non-hydrogen) atoms. The average Bonchev–Trinajstić information content (AvgIpc) is 2.49. The standard InChI is InChI=1S/C17H25BrN2/c18-15-7-9-16(10-8-15)19-11-13-20-12-3-5-14-4-1-2-6-17(14)20/h7-10,14,17,19H,1-6,11-13H2. The molecule has 3 heteroatoms. The third kappa shape index (κ3) is 3.56. The van der Waals surface area contributed by atoms with E-state index in [4.69, 9.17) is 0 Å². The van der Waals surface area contributed by atoms with E-state index in [2.05, 4.69) is 50.4 Å². The summed E-state index contributed by atoms with van der Waals surface area (Å²) in [7, 11) is 0. The zero-order valence-electron chi connectivity index (χ0n) is 12.2. The van der Waals surface area contributed by atoms with Crippen LogP contribution in [0.3, 0.4) is 0 Å². The molecule has 0 aromatic heterocycles. The van der Waals surface area contributed by atoms with Crippen LogP contribution in [0.1, 0.15) is 38.5 Å². The van der Waals surface area contributed by atoms with Gasteiger partial charge in [0.25, 0.3) is 0 Å². The van der Waals surface area contributed by atoms with Crippen LogP contribution in [-0.2, 0) is 0 Å². The van der Waals surface area contributed by atoms with Gasteiger partial charge in [-0.1, -0.05) is 28.8 Å². The molecule has 2 unspecified atom stereocenters. The van der Waals surface area contributed by atoms with Gasteiger partial charge in [-0.25, -0.2) is 0 Å². The number of hydrogen-bond acceptors (Lipinski definition) is 2. The predicted octanol–water partition coefficient (Wildman–Crippen LogP) is 4.52. The Morgan fingerprint density at radius 3 is 2.65 bits per heavy atom. The fourth-order valence-corrected chi connectivity index (χ4v) is 4.18. The second-order valence-corrected chi connectivity index (χ2v) is 7.14. The van der Waals surface area contributed by atoms with Crippen LogP contribution >= 0.6 is 15.9 Å². The molecule has 0 bridgehead atoms. The van der Waals surface area contributed by atoms with E-state index in [1.165, 1.54) is 57.3 Å². The first-order valence-corrected chi connectivity index (χ1v) is 8.86. The highest BCUT2D eigenvalue weighted by Gasteiger charge is 2.32. The van der Waals surface area contributed by atoms with Crippen molar-refractivity contribution in [2.24, 2.45) is 5.92 Å². The molecule has 1 aromatic carbocycles. The number of halogens is 1. The maximum Gasteiger partial charge on any atom is 0.0341 e. The van der Waals surface area contributed by atoms with Crippen molar-refractivity contribution >= 4 is 21.6 Å². The molecule has 1 aliphatic carbocycles. The number of likely N-dealkylation sites (tertiary alicyclic amines) is 1. The largest absolute Gasteiger partial charge is 0.384 e. The molecular weight excluding hydrogens is 312 g/mol. The number of piperidine rings is 1. The smallest absolute Gasteiger partial charge is 0.0341 e. The van der Waals surface area contributed by atoms with E-state index in [1.54, 1.807) is 0 Å². The highest BCUT2D eigenvalue weighted by atomic mass is 79.9. The number of fused-ring (bicyclic) bond motifs is 1. The Hall–Kier alpha value is -0.540. The summed E-state index contributed by atoms with van der Waals surface area (Å²) in [6, 6.07) is 9.36. The lowest BCUT2D eigenvalue weighted by atomic mass is 9.78. The van der Waals surface area contributed by atoms with Gasteiger partial charge in [-0.05, 0) is 62.4 Å². The van der Waals surface area contributed by atoms with Gasteiger partial charge in [0.05, 0.1) is 0 Å². The number of rotatable bonds is 4. The van der Waals surface area contributed by atoms with Crippen molar-refractivity contribution in [1.82, 2.24) is 4.90 Å². The molecule has 1 saturated heterocycles. The molecule has 2 atom stereocenters. The number of hydrogen-bond donors (Lipinski definition) is 1. The summed E-state index contributed by atoms with van der Waals surface area (Å²) in [4.78, 5) is 2.75. The molecule has 0 amide bonds. The fourth-order valence-electron chi connectivity index (χ4n) is 3.92. The summed E-state index contributed by atoms with van der Waals surface area (Å²) >= 11 is 3.48. The molecule has 1 aliphatic heterocycles. The normalized spacial score (nSPS) is 27.1. The second-order valence-electron chi connectivity index (χ2n) is 6.22. The Balaban J connectivity index is 1.48. The Morgan fingerprint density at radius 2 is 1.80 bits per heavy atom. The molecule has 0 radical (unpaired) electrons. The number of nitrogens with one attached hydrogen (secondary N) is 1. The van der Waals surface area contributed by atoms with Gasteiger partial charge in [0.2, 0.25) is 0 Å². The van der Waals surface area contributed by atoms with Crippen molar-refractivity contribution in [1.29, 1.82) is 0 Å². The van der Waals surface area contributed by atoms with E-state index in [-0.39, 0.29) is 0 Å². The molecule has 110 valence electrons. The first-order valence-electron chi connectivity index (χ1n) is 8.06. The van der Waals surface area contributed by atoms with E-state index >= 15 is 0 Å². The van der Waals surface area contributed by atoms with Gasteiger partial charge >= 0.3 is 0 Å². The minimum absolute atomic E-state index is 0.879. The maximum atomic E-state index is 3.55. The average molecular weight is 337 g/mol. The highest BCUT2D eigenvalue weighted by Crippen LogP contribution is 2.34. The number of anilines is 1. The molecular formula is C17H25BrN2. The Labute approximate surface area is 131 Å². The fraction of sp³-hybridized carbons (Fsp3) is 0.647. The van der Waals surface area contributed by atoms with Crippen LogP contribution in [0, 0.1) is 5.92 Å². The number of benzene rings is 1. The Bertz CT molecular complexity index is 416. The van der Waals surface area contributed by atoms with E-state index in [0.29, 0.717) is 0 Å². The lowest BCUT2D eigenvalue weighted by molar-refractivity contribution is 0.0645. The van der Waals surface area contributed by atoms with Crippen LogP contribution in [0.25, 0.3) is 0 Å². The first kappa shape index (κ1) is 14.4. The van der Waals surface area contributed by atoms with Crippen LogP contribution in [0.4, 0.5) is 5.69 Å². The zero-order valence-corrected chi connectivity index (χ0v) is 13.7. The quantitative estimate of drug-likeness (QED) is 0.869. The topological polar surface area (TPSA) is 15.3 Å². The van der Waals surface area contributed by atoms with Crippen LogP contribution in [0.15, 0.2) is 28.7 Å². The van der Waals surface area contributed by atoms with Gasteiger partial charge in [-0.2, -0.15) is 0 Å². The highest BCUT2D eigenvalue weighted by molar-refractivity contribution is 9.10. The van der Waals surface area contributed by atoms with Crippen molar-refractivity contribution in [3.8, 4) is 0 Å². The first-order chi connectivity index (χ1) is 9.83. The van der Waals surface area contributed by atoms with Crippen molar-refractivity contribution < 1.29 is 0 Å². The lowest BCUT2D eigenvalue weighted by Gasteiger charge is -2.44. The molecule has 2 fully saturated rings. The maximum absolute atomic E-state index is 3.55. The van der Waals surface area contributed by atoms with Gasteiger partial charge in [0.15, 0.2) is 0 Å². The molecule has 0 spiro atoms. The van der Waals surface area contributed by atoms with Gasteiger partial charge < -0.3 is 5.32 Å². The van der Waals surface area contributed by atoms with Gasteiger partial charge in [-0.15, -0.1) is 0 Å². The molecule has 1 N–H and O–H groups in total. The minimum atomic E-state index is 0.879. The zero-order chi connectivity index (χ0) is 13.8. The summed E-state index contributed by atoms with van der Waals surface area (Å²) in [5.41, 5.74) is 1.23. The summed E-state index contributed by atoms with van der Waals surface area (Å²) in [5.74, 6) is 0.991. The molecule has 2 nitrogen and oxygen atoms in total. The third-order valence-corrected chi connectivity index (χ3v) is 5.46. The monoisotopic (exact) mass is 336 g/mol. The molecule has 1 aromatic rings. The van der Waals surface area contributed by atoms with Crippen LogP contribution in [0.5, 0.6) is 0 Å². The van der Waals surface area contributed by atoms with E-state index in [0.717, 1.165) is 23.0 Å². The van der Waals surface area contributed by atoms with E-state index in [1.807, 2.05) is 0 Å². The summed E-state index contributed by atoms with van der Waals surface area (Å²) in [5, 5.41) is 3.55. The van der Waals surface area contributed by atoms with Crippen LogP contribution < -0.4 is 5.32 Å². The molecule has 1 saturated carbocycles. The van der Waals surface area contributed by atoms with E-state index < -0.39 is 0 Å². The van der Waals surface area contributed by atoms with Crippen molar-refractivity contribution in [3.63, 3.8) is 0 Å². The summed E-state index contributed by atoms with van der Waals surface area (Å²) in [6.07, 6.45) is 8.69. The van der Waals surface area contributed by atoms with Gasteiger partial charge in [0.1, 0.15) is 0 Å². The minimum Gasteiger partial charge on any atom is -0.384 e. The summed E-state index contributed by atoms with van der Waals surface area (Å²) in [6.45, 7) is 3.56. The molecule has 1 heterocycles. The van der Waals surface area contributed by atoms with Crippen molar-refractivity contribution in [2.75, 3.05) is 25.0 Å². The third-order valence-electron chi connectivity index (χ3n) is 4.93. The van der Waals surface area contributed by atoms with Gasteiger partial charge in [-0.3, -0.25) is 4.90 Å². The van der Waals surface area contributed by atoms with E-state index in [9.17, 15) is 0 Å². The van der Waals surface area contributed by atoms with Crippen LogP contribution in [0.2, 0.25) is 0 Å². The van der Waals surface area contributed by atoms with Crippen molar-refractivity contribution in [2.45, 2.75) is 44.6 Å². The number of nitrogens with zero attached hydrogens (tertiary/aromatic N) is 1. The second kappa shape index (κ2) is 6.95. The molecule has 3 rings (SSSR count). The SMILES string of the molecule is Brc1ccc(NCCN2CCCC3CCCCC32)cc1. The Kier molecular flexibility index (Phi) is 5.00. The summed E-state index contributed by atoms with van der Waals surface area (Å²) < 4.78 is 1.14.